The zero-order valence-electron chi connectivity index (χ0n) is 11.0. The summed E-state index contributed by atoms with van der Waals surface area (Å²) in [6.07, 6.45) is 2.23. The molecule has 0 aliphatic carbocycles. The fourth-order valence-corrected chi connectivity index (χ4v) is 2.88. The first-order valence-electron chi connectivity index (χ1n) is 6.40. The largest absolute Gasteiger partial charge is 0.334 e. The van der Waals surface area contributed by atoms with Crippen molar-refractivity contribution in [2.45, 2.75) is 25.8 Å². The molecule has 2 atom stereocenters. The number of nitrogens with zero attached hydrogens (tertiary/aromatic N) is 1. The molecule has 0 radical (unpaired) electrons. The molecule has 1 aromatic rings. The standard InChI is InChI=1S/C14H19BrN2O.ClH/c1-10-3-2-8-17(13(10)9-16)14(18)11-4-6-12(15)7-5-11;/h4-7,10,13H,2-3,8-9,16H2,1H3;1H. The first-order valence-corrected chi connectivity index (χ1v) is 7.19. The third-order valence-electron chi connectivity index (χ3n) is 3.71. The summed E-state index contributed by atoms with van der Waals surface area (Å²) < 4.78 is 0.987. The van der Waals surface area contributed by atoms with Gasteiger partial charge in [0.05, 0.1) is 0 Å². The summed E-state index contributed by atoms with van der Waals surface area (Å²) in [6, 6.07) is 7.70. The molecular weight excluding hydrogens is 328 g/mol. The van der Waals surface area contributed by atoms with Gasteiger partial charge in [0.2, 0.25) is 0 Å². The fourth-order valence-electron chi connectivity index (χ4n) is 2.62. The van der Waals surface area contributed by atoms with E-state index in [4.69, 9.17) is 5.73 Å². The Kier molecular flexibility index (Phi) is 6.30. The Morgan fingerprint density at radius 1 is 1.42 bits per heavy atom. The van der Waals surface area contributed by atoms with Gasteiger partial charge in [-0.25, -0.2) is 0 Å². The van der Waals surface area contributed by atoms with Crippen molar-refractivity contribution in [2.75, 3.05) is 13.1 Å². The van der Waals surface area contributed by atoms with Crippen LogP contribution in [0.4, 0.5) is 0 Å². The first-order chi connectivity index (χ1) is 8.63. The molecule has 0 saturated carbocycles. The number of likely N-dealkylation sites (tertiary alicyclic amines) is 1. The molecule has 0 spiro atoms. The van der Waals surface area contributed by atoms with Crippen molar-refractivity contribution in [3.8, 4) is 0 Å². The van der Waals surface area contributed by atoms with Crippen molar-refractivity contribution in [3.63, 3.8) is 0 Å². The van der Waals surface area contributed by atoms with E-state index in [2.05, 4.69) is 22.9 Å². The third kappa shape index (κ3) is 3.71. The van der Waals surface area contributed by atoms with Gasteiger partial charge >= 0.3 is 0 Å². The predicted molar refractivity (Wildman–Crippen MR) is 83.7 cm³/mol. The van der Waals surface area contributed by atoms with Gasteiger partial charge in [0.1, 0.15) is 0 Å². The number of carbonyl (C=O) groups excluding carboxylic acids is 1. The molecule has 2 N–H and O–H groups in total. The highest BCUT2D eigenvalue weighted by atomic mass is 79.9. The number of benzene rings is 1. The van der Waals surface area contributed by atoms with Gasteiger partial charge in [-0.15, -0.1) is 12.4 Å². The summed E-state index contributed by atoms with van der Waals surface area (Å²) in [4.78, 5) is 14.4. The Bertz CT molecular complexity index is 424. The smallest absolute Gasteiger partial charge is 0.254 e. The Labute approximate surface area is 129 Å². The maximum atomic E-state index is 12.5. The quantitative estimate of drug-likeness (QED) is 0.893. The molecule has 106 valence electrons. The number of rotatable bonds is 2. The molecule has 2 rings (SSSR count). The SMILES string of the molecule is CC1CCCN(C(=O)c2ccc(Br)cc2)C1CN.Cl. The molecule has 19 heavy (non-hydrogen) atoms. The molecule has 0 aromatic heterocycles. The molecule has 1 aliphatic heterocycles. The lowest BCUT2D eigenvalue weighted by molar-refractivity contribution is 0.0532. The molecule has 1 saturated heterocycles. The molecule has 5 heteroatoms. The van der Waals surface area contributed by atoms with Gasteiger partial charge < -0.3 is 10.6 Å². The second kappa shape index (κ2) is 7.27. The lowest BCUT2D eigenvalue weighted by atomic mass is 9.90. The van der Waals surface area contributed by atoms with Crippen LogP contribution in [0.3, 0.4) is 0 Å². The van der Waals surface area contributed by atoms with Gasteiger partial charge in [-0.3, -0.25) is 4.79 Å². The average molecular weight is 348 g/mol. The van der Waals surface area contributed by atoms with Crippen molar-refractivity contribution in [1.29, 1.82) is 0 Å². The minimum absolute atomic E-state index is 0. The molecule has 2 unspecified atom stereocenters. The van der Waals surface area contributed by atoms with Crippen LogP contribution in [0.25, 0.3) is 0 Å². The zero-order valence-corrected chi connectivity index (χ0v) is 13.4. The van der Waals surface area contributed by atoms with Crippen LogP contribution >= 0.6 is 28.3 Å². The van der Waals surface area contributed by atoms with E-state index in [1.54, 1.807) is 0 Å². The Morgan fingerprint density at radius 2 is 2.05 bits per heavy atom. The summed E-state index contributed by atoms with van der Waals surface area (Å²) in [5.41, 5.74) is 6.56. The fraction of sp³-hybridized carbons (Fsp3) is 0.500. The van der Waals surface area contributed by atoms with E-state index < -0.39 is 0 Å². The van der Waals surface area contributed by atoms with Crippen molar-refractivity contribution in [1.82, 2.24) is 4.90 Å². The van der Waals surface area contributed by atoms with Crippen LogP contribution in [0.1, 0.15) is 30.1 Å². The van der Waals surface area contributed by atoms with E-state index in [0.717, 1.165) is 29.4 Å². The average Bonchev–Trinajstić information content (AvgIpc) is 2.38. The lowest BCUT2D eigenvalue weighted by Gasteiger charge is -2.39. The zero-order chi connectivity index (χ0) is 13.1. The maximum absolute atomic E-state index is 12.5. The van der Waals surface area contributed by atoms with Gasteiger partial charge in [-0.1, -0.05) is 22.9 Å². The second-order valence-corrected chi connectivity index (χ2v) is 5.84. The van der Waals surface area contributed by atoms with Crippen molar-refractivity contribution >= 4 is 34.2 Å². The Hall–Kier alpha value is -0.580. The minimum atomic E-state index is 0. The molecule has 0 bridgehead atoms. The van der Waals surface area contributed by atoms with Crippen LogP contribution in [0.15, 0.2) is 28.7 Å². The highest BCUT2D eigenvalue weighted by Crippen LogP contribution is 2.24. The number of nitrogens with two attached hydrogens (primary N) is 1. The van der Waals surface area contributed by atoms with E-state index in [1.807, 2.05) is 29.2 Å². The molecule has 3 nitrogen and oxygen atoms in total. The van der Waals surface area contributed by atoms with Crippen LogP contribution in [-0.4, -0.2) is 29.9 Å². The van der Waals surface area contributed by atoms with E-state index in [9.17, 15) is 4.79 Å². The molecular formula is C14H20BrClN2O. The lowest BCUT2D eigenvalue weighted by Crippen LogP contribution is -2.51. The van der Waals surface area contributed by atoms with Gasteiger partial charge in [0, 0.05) is 29.2 Å². The molecule has 1 heterocycles. The van der Waals surface area contributed by atoms with E-state index in [1.165, 1.54) is 0 Å². The maximum Gasteiger partial charge on any atom is 0.254 e. The van der Waals surface area contributed by atoms with Gasteiger partial charge in [0.15, 0.2) is 0 Å². The molecule has 1 fully saturated rings. The van der Waals surface area contributed by atoms with Crippen LogP contribution in [0.5, 0.6) is 0 Å². The van der Waals surface area contributed by atoms with Crippen molar-refractivity contribution in [2.24, 2.45) is 11.7 Å². The first kappa shape index (κ1) is 16.5. The topological polar surface area (TPSA) is 46.3 Å². The number of piperidine rings is 1. The molecule has 1 aliphatic rings. The highest BCUT2D eigenvalue weighted by Gasteiger charge is 2.31. The summed E-state index contributed by atoms with van der Waals surface area (Å²) in [5.74, 6) is 0.590. The summed E-state index contributed by atoms with van der Waals surface area (Å²) >= 11 is 3.38. The van der Waals surface area contributed by atoms with Crippen LogP contribution in [0, 0.1) is 5.92 Å². The number of amides is 1. The van der Waals surface area contributed by atoms with Crippen LogP contribution in [-0.2, 0) is 0 Å². The third-order valence-corrected chi connectivity index (χ3v) is 4.24. The van der Waals surface area contributed by atoms with Crippen LogP contribution < -0.4 is 5.73 Å². The number of hydrogen-bond acceptors (Lipinski definition) is 2. The van der Waals surface area contributed by atoms with Gasteiger partial charge in [-0.2, -0.15) is 0 Å². The summed E-state index contributed by atoms with van der Waals surface area (Å²) in [5, 5.41) is 0. The molecule has 1 amide bonds. The number of carbonyl (C=O) groups is 1. The van der Waals surface area contributed by atoms with Crippen LogP contribution in [0.2, 0.25) is 0 Å². The second-order valence-electron chi connectivity index (χ2n) is 4.93. The van der Waals surface area contributed by atoms with E-state index >= 15 is 0 Å². The summed E-state index contributed by atoms with van der Waals surface area (Å²) in [6.45, 7) is 3.54. The minimum Gasteiger partial charge on any atom is -0.334 e. The number of halogens is 2. The van der Waals surface area contributed by atoms with Gasteiger partial charge in [0.25, 0.3) is 5.91 Å². The van der Waals surface area contributed by atoms with E-state index in [-0.39, 0.29) is 24.4 Å². The van der Waals surface area contributed by atoms with Crippen molar-refractivity contribution < 1.29 is 4.79 Å². The van der Waals surface area contributed by atoms with E-state index in [0.29, 0.717) is 12.5 Å². The predicted octanol–water partition coefficient (Wildman–Crippen LogP) is 3.07. The Balaban J connectivity index is 0.00000180. The summed E-state index contributed by atoms with van der Waals surface area (Å²) in [7, 11) is 0. The number of hydrogen-bond donors (Lipinski definition) is 1. The highest BCUT2D eigenvalue weighted by molar-refractivity contribution is 9.10. The normalized spacial score (nSPS) is 22.8. The molecule has 1 aromatic carbocycles. The van der Waals surface area contributed by atoms with Gasteiger partial charge in [-0.05, 0) is 43.0 Å². The Morgan fingerprint density at radius 3 is 2.63 bits per heavy atom. The monoisotopic (exact) mass is 346 g/mol. The van der Waals surface area contributed by atoms with Crippen molar-refractivity contribution in [3.05, 3.63) is 34.3 Å².